The maximum atomic E-state index is 11.6. The topological polar surface area (TPSA) is 129 Å². The highest BCUT2D eigenvalue weighted by Crippen LogP contribution is 2.32. The smallest absolute Gasteiger partial charge is 0.258 e. The zero-order chi connectivity index (χ0) is 18.3. The minimum atomic E-state index is -2.60. The average molecular weight is 357 g/mol. The molecular weight excluding hydrogens is 338 g/mol. The van der Waals surface area contributed by atoms with Crippen LogP contribution in [0.25, 0.3) is 0 Å². The van der Waals surface area contributed by atoms with Gasteiger partial charge < -0.3 is 0 Å². The van der Waals surface area contributed by atoms with Crippen LogP contribution in [0.1, 0.15) is 0 Å². The van der Waals surface area contributed by atoms with E-state index in [1.165, 1.54) is 0 Å². The van der Waals surface area contributed by atoms with Crippen molar-refractivity contribution in [1.29, 1.82) is 0 Å². The van der Waals surface area contributed by atoms with Gasteiger partial charge >= 0.3 is 11.4 Å². The fourth-order valence-electron chi connectivity index (χ4n) is 2.44. The Morgan fingerprint density at radius 1 is 0.739 bits per heavy atom. The summed E-state index contributed by atoms with van der Waals surface area (Å²) in [6.07, 6.45) is 0. The van der Waals surface area contributed by atoms with Crippen molar-refractivity contribution in [2.45, 2.75) is 39.3 Å². The first-order valence-electron chi connectivity index (χ1n) is 6.84. The molecule has 0 bridgehead atoms. The molecule has 0 unspecified atom stereocenters. The summed E-state index contributed by atoms with van der Waals surface area (Å²) in [4.78, 5) is 32.1. The van der Waals surface area contributed by atoms with Gasteiger partial charge in [-0.05, 0) is 0 Å². The first-order valence-corrected chi connectivity index (χ1v) is 13.8. The maximum absolute atomic E-state index is 11.6. The van der Waals surface area contributed by atoms with Crippen LogP contribution in [0.5, 0.6) is 0 Å². The van der Waals surface area contributed by atoms with E-state index in [1.54, 1.807) is 19.6 Å². The molecule has 0 aromatic heterocycles. The number of nitro benzene ring substituents is 3. The zero-order valence-corrected chi connectivity index (χ0v) is 15.9. The van der Waals surface area contributed by atoms with E-state index in [0.29, 0.717) is 0 Å². The van der Waals surface area contributed by atoms with Crippen molar-refractivity contribution in [3.05, 3.63) is 36.4 Å². The quantitative estimate of drug-likeness (QED) is 0.452. The Morgan fingerprint density at radius 3 is 1.43 bits per heavy atom. The van der Waals surface area contributed by atoms with Gasteiger partial charge in [0.25, 0.3) is 5.69 Å². The third-order valence-corrected chi connectivity index (χ3v) is 7.34. The second-order valence-corrected chi connectivity index (χ2v) is 17.3. The highest BCUT2D eigenvalue weighted by atomic mass is 28.3. The fourth-order valence-corrected chi connectivity index (χ4v) is 5.93. The minimum Gasteiger partial charge on any atom is -0.258 e. The average Bonchev–Trinajstić information content (AvgIpc) is 2.33. The summed E-state index contributed by atoms with van der Waals surface area (Å²) in [6, 6.07) is 1.03. The van der Waals surface area contributed by atoms with Gasteiger partial charge in [0, 0.05) is 11.3 Å². The van der Waals surface area contributed by atoms with Crippen LogP contribution in [-0.4, -0.2) is 30.9 Å². The fraction of sp³-hybridized carbons (Fsp3) is 0.500. The molecule has 0 radical (unpaired) electrons. The molecule has 23 heavy (non-hydrogen) atoms. The van der Waals surface area contributed by atoms with Gasteiger partial charge in [-0.25, -0.2) is 0 Å². The second-order valence-electron chi connectivity index (χ2n) is 7.29. The van der Waals surface area contributed by atoms with Crippen molar-refractivity contribution >= 4 is 43.6 Å². The molecule has 0 heterocycles. The van der Waals surface area contributed by atoms with E-state index in [9.17, 15) is 30.3 Å². The van der Waals surface area contributed by atoms with Gasteiger partial charge in [0.1, 0.15) is 0 Å². The predicted octanol–water partition coefficient (Wildman–Crippen LogP) is 2.50. The Morgan fingerprint density at radius 2 is 1.17 bits per heavy atom. The minimum absolute atomic E-state index is 0.0564. The highest BCUT2D eigenvalue weighted by Gasteiger charge is 2.45. The molecular formula is C12H19N3O6Si2. The first kappa shape index (κ1) is 18.9. The molecule has 0 aliphatic rings. The van der Waals surface area contributed by atoms with E-state index >= 15 is 0 Å². The van der Waals surface area contributed by atoms with Gasteiger partial charge in [-0.3, -0.25) is 30.3 Å². The van der Waals surface area contributed by atoms with Gasteiger partial charge in [0.05, 0.1) is 36.1 Å². The Balaban J connectivity index is 4.24. The third-order valence-electron chi connectivity index (χ3n) is 3.37. The lowest BCUT2D eigenvalue weighted by Crippen LogP contribution is -2.48. The molecule has 1 rings (SSSR count). The van der Waals surface area contributed by atoms with Crippen LogP contribution in [0.2, 0.25) is 39.3 Å². The van der Waals surface area contributed by atoms with Gasteiger partial charge in [-0.15, -0.1) is 0 Å². The zero-order valence-electron chi connectivity index (χ0n) is 13.9. The molecule has 126 valence electrons. The molecule has 0 atom stereocenters. The molecule has 1 aromatic carbocycles. The SMILES string of the molecule is C[Si](C)(C)c1cc([N+](=O)[O-])c([N+](=O)[O-])c([Si](C)(C)C)c1[N+](=O)[O-]. The summed E-state index contributed by atoms with van der Waals surface area (Å²) in [7, 11) is -4.93. The van der Waals surface area contributed by atoms with Crippen molar-refractivity contribution in [2.75, 3.05) is 0 Å². The molecule has 0 spiro atoms. The first-order chi connectivity index (χ1) is 10.2. The van der Waals surface area contributed by atoms with E-state index in [1.807, 2.05) is 19.6 Å². The molecule has 9 nitrogen and oxygen atoms in total. The van der Waals surface area contributed by atoms with Crippen LogP contribution < -0.4 is 10.4 Å². The van der Waals surface area contributed by atoms with E-state index in [4.69, 9.17) is 0 Å². The molecule has 0 aliphatic heterocycles. The van der Waals surface area contributed by atoms with E-state index in [-0.39, 0.29) is 16.1 Å². The monoisotopic (exact) mass is 357 g/mol. The molecule has 11 heteroatoms. The lowest BCUT2D eigenvalue weighted by atomic mass is 10.2. The number of hydrogen-bond acceptors (Lipinski definition) is 6. The predicted molar refractivity (Wildman–Crippen MR) is 92.4 cm³/mol. The van der Waals surface area contributed by atoms with E-state index in [2.05, 4.69) is 0 Å². The molecule has 0 N–H and O–H groups in total. The van der Waals surface area contributed by atoms with Gasteiger partial charge in [0.15, 0.2) is 0 Å². The van der Waals surface area contributed by atoms with E-state index in [0.717, 1.165) is 6.07 Å². The van der Waals surface area contributed by atoms with Crippen LogP contribution >= 0.6 is 0 Å². The van der Waals surface area contributed by atoms with Crippen LogP contribution in [0.15, 0.2) is 6.07 Å². The summed E-state index contributed by atoms with van der Waals surface area (Å²) in [5.74, 6) is 0. The van der Waals surface area contributed by atoms with Crippen LogP contribution in [0, 0.1) is 30.3 Å². The van der Waals surface area contributed by atoms with Crippen LogP contribution in [0.4, 0.5) is 17.1 Å². The Hall–Kier alpha value is -2.15. The van der Waals surface area contributed by atoms with Crippen molar-refractivity contribution in [2.24, 2.45) is 0 Å². The maximum Gasteiger partial charge on any atom is 0.351 e. The Labute approximate surface area is 134 Å². The van der Waals surface area contributed by atoms with Gasteiger partial charge in [-0.1, -0.05) is 39.3 Å². The van der Waals surface area contributed by atoms with Crippen molar-refractivity contribution < 1.29 is 14.8 Å². The Kier molecular flexibility index (Phi) is 4.77. The van der Waals surface area contributed by atoms with Gasteiger partial charge in [0.2, 0.25) is 0 Å². The van der Waals surface area contributed by atoms with Crippen molar-refractivity contribution in [3.8, 4) is 0 Å². The summed E-state index contributed by atoms with van der Waals surface area (Å²) in [6.45, 7) is 10.6. The number of rotatable bonds is 5. The lowest BCUT2D eigenvalue weighted by molar-refractivity contribution is -0.423. The number of hydrogen-bond donors (Lipinski definition) is 0. The largest absolute Gasteiger partial charge is 0.351 e. The van der Waals surface area contributed by atoms with Crippen LogP contribution in [-0.2, 0) is 0 Å². The van der Waals surface area contributed by atoms with Crippen molar-refractivity contribution in [1.82, 2.24) is 0 Å². The standard InChI is InChI=1S/C12H19N3O6Si2/c1-22(2,3)9-7-8(13(16)17)10(14(18)19)12(23(4,5)6)11(9)15(20)21/h7H,1-6H3. The molecule has 1 aromatic rings. The molecule has 0 fully saturated rings. The summed E-state index contributed by atoms with van der Waals surface area (Å²) < 4.78 is 0. The third kappa shape index (κ3) is 3.61. The normalized spacial score (nSPS) is 12.1. The molecule has 0 saturated carbocycles. The number of nitro groups is 3. The highest BCUT2D eigenvalue weighted by molar-refractivity contribution is 6.94. The summed E-state index contributed by atoms with van der Waals surface area (Å²) in [5.41, 5.74) is -1.70. The molecule has 0 amide bonds. The lowest BCUT2D eigenvalue weighted by Gasteiger charge is -2.22. The second kappa shape index (κ2) is 5.81. The molecule has 0 aliphatic carbocycles. The number of benzene rings is 1. The number of nitrogens with zero attached hydrogens (tertiary/aromatic N) is 3. The van der Waals surface area contributed by atoms with Gasteiger partial charge in [-0.2, -0.15) is 0 Å². The Bertz CT molecular complexity index is 706. The van der Waals surface area contributed by atoms with E-state index < -0.39 is 42.3 Å². The summed E-state index contributed by atoms with van der Waals surface area (Å²) >= 11 is 0. The molecule has 0 saturated heterocycles. The van der Waals surface area contributed by atoms with Crippen molar-refractivity contribution in [3.63, 3.8) is 0 Å². The van der Waals surface area contributed by atoms with Crippen LogP contribution in [0.3, 0.4) is 0 Å². The summed E-state index contributed by atoms with van der Waals surface area (Å²) in [5, 5.41) is 34.6.